The standard InChI is InChI=1S/C36H45N3O7S.Na/c37-34(38)39-36(23-22-35(42)20-2-1-3-21-35)29-12-4-26(5-13-29)24-28(11-18-32(41)27-9-14-30(40)15-10-27)33(47(43,44)45)19-8-25-6-16-31(46-36)17-7-25;/h4-7,9-18,28,32-33,40-42H,1-3,8,19-24H2,(H4,37,38,39)(H,43,44,45);/q;+1/p-1. The molecule has 1 saturated carbocycles. The maximum atomic E-state index is 12.7. The molecular formula is C36H44N3NaO7S. The molecular weight excluding hydrogens is 641 g/mol. The van der Waals surface area contributed by atoms with Crippen molar-refractivity contribution in [3.05, 3.63) is 107 Å². The Hall–Kier alpha value is -2.90. The number of nitrogens with zero attached hydrogens (tertiary/aromatic N) is 1. The second-order valence-corrected chi connectivity index (χ2v) is 14.5. The van der Waals surface area contributed by atoms with E-state index in [-0.39, 0.29) is 54.1 Å². The van der Waals surface area contributed by atoms with Gasteiger partial charge in [-0.2, -0.15) is 0 Å². The van der Waals surface area contributed by atoms with Crippen molar-refractivity contribution in [2.24, 2.45) is 22.4 Å². The number of guanidine groups is 1. The fraction of sp³-hybridized carbons (Fsp3) is 0.417. The third kappa shape index (κ3) is 9.84. The number of allylic oxidation sites excluding steroid dienone is 1. The van der Waals surface area contributed by atoms with Crippen LogP contribution in [0.25, 0.3) is 0 Å². The van der Waals surface area contributed by atoms with Crippen molar-refractivity contribution in [3.63, 3.8) is 0 Å². The second-order valence-electron chi connectivity index (χ2n) is 12.9. The molecule has 0 radical (unpaired) electrons. The van der Waals surface area contributed by atoms with Crippen LogP contribution in [0.2, 0.25) is 0 Å². The molecule has 4 bridgehead atoms. The van der Waals surface area contributed by atoms with Gasteiger partial charge < -0.3 is 36.1 Å². The van der Waals surface area contributed by atoms with E-state index in [0.717, 1.165) is 30.4 Å². The quantitative estimate of drug-likeness (QED) is 0.0772. The Morgan fingerprint density at radius 3 is 2.19 bits per heavy atom. The number of aromatic hydroxyl groups is 1. The van der Waals surface area contributed by atoms with E-state index in [2.05, 4.69) is 4.99 Å². The summed E-state index contributed by atoms with van der Waals surface area (Å²) < 4.78 is 44.7. The molecule has 1 fully saturated rings. The summed E-state index contributed by atoms with van der Waals surface area (Å²) in [7, 11) is -4.74. The first-order valence-corrected chi connectivity index (χ1v) is 17.6. The van der Waals surface area contributed by atoms with Gasteiger partial charge in [-0.25, -0.2) is 13.4 Å². The third-order valence-corrected chi connectivity index (χ3v) is 10.8. The Labute approximate surface area is 305 Å². The maximum Gasteiger partial charge on any atom is 1.00 e. The Bertz CT molecular complexity index is 1660. The molecule has 0 amide bonds. The van der Waals surface area contributed by atoms with Crippen LogP contribution in [0.5, 0.6) is 11.5 Å². The third-order valence-electron chi connectivity index (χ3n) is 9.45. The molecule has 4 heterocycles. The van der Waals surface area contributed by atoms with Crippen LogP contribution < -0.4 is 45.8 Å². The zero-order valence-electron chi connectivity index (χ0n) is 27.4. The van der Waals surface area contributed by atoms with Crippen molar-refractivity contribution >= 4 is 16.1 Å². The summed E-state index contributed by atoms with van der Waals surface area (Å²) in [5.41, 5.74) is 12.5. The first-order valence-electron chi connectivity index (χ1n) is 16.1. The predicted octanol–water partition coefficient (Wildman–Crippen LogP) is 1.69. The molecule has 0 spiro atoms. The zero-order chi connectivity index (χ0) is 33.7. The summed E-state index contributed by atoms with van der Waals surface area (Å²) in [4.78, 5) is 4.63. The molecule has 10 nitrogen and oxygen atoms in total. The number of ether oxygens (including phenoxy) is 1. The Balaban J connectivity index is 0.00000520. The van der Waals surface area contributed by atoms with Gasteiger partial charge >= 0.3 is 29.6 Å². The van der Waals surface area contributed by atoms with E-state index in [1.165, 1.54) is 18.2 Å². The molecule has 4 aliphatic heterocycles. The molecule has 252 valence electrons. The van der Waals surface area contributed by atoms with Crippen molar-refractivity contribution in [2.75, 3.05) is 0 Å². The molecule has 0 saturated heterocycles. The van der Waals surface area contributed by atoms with Gasteiger partial charge in [-0.15, -0.1) is 0 Å². The number of hydrogen-bond acceptors (Lipinski definition) is 8. The van der Waals surface area contributed by atoms with Crippen LogP contribution in [0.3, 0.4) is 0 Å². The van der Waals surface area contributed by atoms with Gasteiger partial charge in [0.2, 0.25) is 5.72 Å². The minimum atomic E-state index is -4.74. The van der Waals surface area contributed by atoms with Gasteiger partial charge in [0.25, 0.3) is 0 Å². The van der Waals surface area contributed by atoms with E-state index in [0.29, 0.717) is 49.0 Å². The van der Waals surface area contributed by atoms with Crippen LogP contribution in [0, 0.1) is 5.92 Å². The zero-order valence-corrected chi connectivity index (χ0v) is 30.2. The van der Waals surface area contributed by atoms with Crippen molar-refractivity contribution in [1.82, 2.24) is 0 Å². The van der Waals surface area contributed by atoms with E-state index in [1.807, 2.05) is 36.4 Å². The van der Waals surface area contributed by atoms with Gasteiger partial charge in [0.15, 0.2) is 5.96 Å². The summed E-state index contributed by atoms with van der Waals surface area (Å²) in [5.74, 6) is -0.371. The molecule has 1 aliphatic carbocycles. The number of benzene rings is 3. The summed E-state index contributed by atoms with van der Waals surface area (Å²) >= 11 is 0. The van der Waals surface area contributed by atoms with Crippen LogP contribution in [-0.4, -0.2) is 45.1 Å². The van der Waals surface area contributed by atoms with E-state index in [1.54, 1.807) is 30.3 Å². The second kappa shape index (κ2) is 16.2. The molecule has 7 N–H and O–H groups in total. The predicted molar refractivity (Wildman–Crippen MR) is 179 cm³/mol. The smallest absolute Gasteiger partial charge is 0.748 e. The van der Waals surface area contributed by atoms with E-state index >= 15 is 0 Å². The molecule has 3 aromatic carbocycles. The molecule has 48 heavy (non-hydrogen) atoms. The fourth-order valence-electron chi connectivity index (χ4n) is 6.80. The summed E-state index contributed by atoms with van der Waals surface area (Å²) in [6.07, 6.45) is 7.71. The van der Waals surface area contributed by atoms with Gasteiger partial charge in [-0.1, -0.05) is 79.9 Å². The number of nitrogens with two attached hydrogens (primary N) is 2. The normalized spacial score (nSPS) is 23.3. The molecule has 4 unspecified atom stereocenters. The number of aliphatic hydroxyl groups is 2. The Morgan fingerprint density at radius 2 is 1.58 bits per heavy atom. The van der Waals surface area contributed by atoms with Crippen LogP contribution in [-0.2, 0) is 28.7 Å². The monoisotopic (exact) mass is 685 g/mol. The average molecular weight is 686 g/mol. The van der Waals surface area contributed by atoms with E-state index in [9.17, 15) is 28.3 Å². The number of phenolic OH excluding ortho intramolecular Hbond substituents is 1. The summed E-state index contributed by atoms with van der Waals surface area (Å²) in [6.45, 7) is 0. The van der Waals surface area contributed by atoms with Crippen molar-refractivity contribution < 1.29 is 62.6 Å². The molecule has 5 aliphatic rings. The number of aliphatic imine (C=N–C) groups is 1. The first-order chi connectivity index (χ1) is 22.3. The van der Waals surface area contributed by atoms with Crippen molar-refractivity contribution in [3.8, 4) is 11.5 Å². The molecule has 3 aromatic rings. The first kappa shape index (κ1) is 37.9. The minimum absolute atomic E-state index is 0. The number of aryl methyl sites for hydroxylation is 1. The molecule has 0 aromatic heterocycles. The summed E-state index contributed by atoms with van der Waals surface area (Å²) in [6, 6.07) is 20.5. The topological polar surface area (TPSA) is 192 Å². The van der Waals surface area contributed by atoms with E-state index < -0.39 is 38.7 Å². The van der Waals surface area contributed by atoms with Crippen molar-refractivity contribution in [1.29, 1.82) is 0 Å². The number of hydrogen-bond donors (Lipinski definition) is 5. The maximum absolute atomic E-state index is 12.7. The average Bonchev–Trinajstić information content (AvgIpc) is 3.04. The van der Waals surface area contributed by atoms with Crippen LogP contribution in [0.15, 0.2) is 89.9 Å². The van der Waals surface area contributed by atoms with Gasteiger partial charge in [0, 0.05) is 12.0 Å². The minimum Gasteiger partial charge on any atom is -0.748 e. The number of phenols is 1. The Morgan fingerprint density at radius 1 is 0.958 bits per heavy atom. The van der Waals surface area contributed by atoms with Crippen LogP contribution >= 0.6 is 0 Å². The molecule has 8 rings (SSSR count). The number of rotatable bonds is 8. The van der Waals surface area contributed by atoms with Gasteiger partial charge in [-0.3, -0.25) is 0 Å². The van der Waals surface area contributed by atoms with Gasteiger partial charge in [0.05, 0.1) is 27.1 Å². The number of aliphatic hydroxyl groups excluding tert-OH is 1. The van der Waals surface area contributed by atoms with Gasteiger partial charge in [0.1, 0.15) is 11.5 Å². The van der Waals surface area contributed by atoms with Gasteiger partial charge in [-0.05, 0) is 85.4 Å². The van der Waals surface area contributed by atoms with Crippen LogP contribution in [0.4, 0.5) is 0 Å². The van der Waals surface area contributed by atoms with Crippen molar-refractivity contribution in [2.45, 2.75) is 86.9 Å². The Kier molecular flexibility index (Phi) is 12.8. The van der Waals surface area contributed by atoms with E-state index in [4.69, 9.17) is 16.2 Å². The fourth-order valence-corrected chi connectivity index (χ4v) is 7.82. The SMILES string of the molecule is NC(N)=NC1(CCC2(O)CCCCC2)Oc2ccc(cc2)CCC(S(=O)(=O)[O-])C(C=CC(O)c2ccc(O)cc2)Cc2ccc1cc2.[Na+]. The molecule has 4 atom stereocenters. The largest absolute Gasteiger partial charge is 1.00 e. The summed E-state index contributed by atoms with van der Waals surface area (Å²) in [5, 5.41) is 30.6. The van der Waals surface area contributed by atoms with Crippen LogP contribution in [0.1, 0.15) is 79.7 Å². The molecule has 12 heteroatoms.